The van der Waals surface area contributed by atoms with Crippen LogP contribution in [0.4, 0.5) is 0 Å². The summed E-state index contributed by atoms with van der Waals surface area (Å²) in [6.45, 7) is 2.79. The number of furan rings is 1. The van der Waals surface area contributed by atoms with Crippen LogP contribution in [0.15, 0.2) is 22.8 Å². The Labute approximate surface area is 118 Å². The van der Waals surface area contributed by atoms with E-state index in [1.807, 2.05) is 30.8 Å². The monoisotopic (exact) mass is 282 g/mol. The maximum Gasteiger partial charge on any atom is 0.237 e. The summed E-state index contributed by atoms with van der Waals surface area (Å²) in [4.78, 5) is 11.8. The second-order valence-electron chi connectivity index (χ2n) is 5.09. The summed E-state index contributed by atoms with van der Waals surface area (Å²) in [7, 11) is 0. The van der Waals surface area contributed by atoms with Gasteiger partial charge in [0, 0.05) is 5.25 Å². The Morgan fingerprint density at radius 3 is 3.16 bits per heavy atom. The van der Waals surface area contributed by atoms with Gasteiger partial charge in [0.2, 0.25) is 5.91 Å². The first-order valence-corrected chi connectivity index (χ1v) is 7.90. The molecule has 5 heteroatoms. The summed E-state index contributed by atoms with van der Waals surface area (Å²) in [5, 5.41) is 3.77. The summed E-state index contributed by atoms with van der Waals surface area (Å²) >= 11 is 1.86. The van der Waals surface area contributed by atoms with Crippen LogP contribution in [0.5, 0.6) is 0 Å². The van der Waals surface area contributed by atoms with Crippen LogP contribution in [0.1, 0.15) is 38.4 Å². The number of hydrogen-bond donors (Lipinski definition) is 2. The smallest absolute Gasteiger partial charge is 0.237 e. The summed E-state index contributed by atoms with van der Waals surface area (Å²) < 4.78 is 5.34. The Bertz CT molecular complexity index is 404. The van der Waals surface area contributed by atoms with Gasteiger partial charge in [-0.15, -0.1) is 0 Å². The molecule has 4 nitrogen and oxygen atoms in total. The minimum Gasteiger partial charge on any atom is -0.468 e. The molecule has 1 aliphatic rings. The lowest BCUT2D eigenvalue weighted by Crippen LogP contribution is -2.58. The average Bonchev–Trinajstić information content (AvgIpc) is 2.90. The van der Waals surface area contributed by atoms with E-state index in [0.717, 1.165) is 43.7 Å². The molecule has 1 aromatic rings. The molecule has 2 atom stereocenters. The molecule has 0 spiro atoms. The Kier molecular flexibility index (Phi) is 4.93. The number of nitrogens with two attached hydrogens (primary N) is 1. The van der Waals surface area contributed by atoms with Gasteiger partial charge in [-0.05, 0) is 44.4 Å². The molecule has 0 aliphatic heterocycles. The van der Waals surface area contributed by atoms with Crippen LogP contribution in [0, 0.1) is 0 Å². The maximum absolute atomic E-state index is 11.8. The highest BCUT2D eigenvalue weighted by atomic mass is 32.2. The van der Waals surface area contributed by atoms with Gasteiger partial charge in [0.1, 0.15) is 5.76 Å². The molecule has 0 bridgehead atoms. The molecule has 1 heterocycles. The fourth-order valence-electron chi connectivity index (χ4n) is 2.77. The van der Waals surface area contributed by atoms with Gasteiger partial charge < -0.3 is 15.5 Å². The van der Waals surface area contributed by atoms with Crippen LogP contribution in [0.2, 0.25) is 0 Å². The molecule has 1 fully saturated rings. The SMILES string of the molecule is CCNC1(C(N)=O)CCCC(SCc2ccco2)C1. The summed E-state index contributed by atoms with van der Waals surface area (Å²) in [6, 6.07) is 3.89. The molecule has 0 aromatic carbocycles. The fraction of sp³-hybridized carbons (Fsp3) is 0.643. The van der Waals surface area contributed by atoms with Crippen molar-refractivity contribution in [3.8, 4) is 0 Å². The largest absolute Gasteiger partial charge is 0.468 e. The lowest BCUT2D eigenvalue weighted by molar-refractivity contribution is -0.125. The van der Waals surface area contributed by atoms with Gasteiger partial charge in [0.05, 0.1) is 17.6 Å². The third-order valence-electron chi connectivity index (χ3n) is 3.73. The zero-order valence-corrected chi connectivity index (χ0v) is 12.2. The van der Waals surface area contributed by atoms with Gasteiger partial charge in [0.25, 0.3) is 0 Å². The number of rotatable bonds is 6. The number of hydrogen-bond acceptors (Lipinski definition) is 4. The molecule has 2 unspecified atom stereocenters. The predicted molar refractivity (Wildman–Crippen MR) is 77.9 cm³/mol. The van der Waals surface area contributed by atoms with Crippen molar-refractivity contribution in [2.75, 3.05) is 6.54 Å². The molecule has 1 aliphatic carbocycles. The first-order chi connectivity index (χ1) is 9.16. The van der Waals surface area contributed by atoms with E-state index < -0.39 is 5.54 Å². The third-order valence-corrected chi connectivity index (χ3v) is 5.06. The van der Waals surface area contributed by atoms with Gasteiger partial charge in [-0.3, -0.25) is 4.79 Å². The Balaban J connectivity index is 1.93. The molecule has 19 heavy (non-hydrogen) atoms. The number of nitrogens with one attached hydrogen (secondary N) is 1. The van der Waals surface area contributed by atoms with E-state index in [9.17, 15) is 4.79 Å². The number of primary amides is 1. The van der Waals surface area contributed by atoms with Gasteiger partial charge in [-0.2, -0.15) is 11.8 Å². The van der Waals surface area contributed by atoms with Crippen LogP contribution >= 0.6 is 11.8 Å². The minimum atomic E-state index is -0.506. The van der Waals surface area contributed by atoms with Gasteiger partial charge in [0.15, 0.2) is 0 Å². The zero-order chi connectivity index (χ0) is 13.7. The van der Waals surface area contributed by atoms with E-state index in [1.165, 1.54) is 0 Å². The predicted octanol–water partition coefficient (Wildman–Crippen LogP) is 2.29. The van der Waals surface area contributed by atoms with E-state index in [0.29, 0.717) is 5.25 Å². The van der Waals surface area contributed by atoms with Crippen LogP contribution in [-0.2, 0) is 10.5 Å². The van der Waals surface area contributed by atoms with E-state index >= 15 is 0 Å². The molecule has 1 amide bonds. The molecule has 1 saturated carbocycles. The lowest BCUT2D eigenvalue weighted by Gasteiger charge is -2.38. The first kappa shape index (κ1) is 14.5. The molecular formula is C14H22N2O2S. The number of carbonyl (C=O) groups excluding carboxylic acids is 1. The summed E-state index contributed by atoms with van der Waals surface area (Å²) in [5.41, 5.74) is 5.11. The van der Waals surface area contributed by atoms with Crippen molar-refractivity contribution >= 4 is 17.7 Å². The van der Waals surface area contributed by atoms with E-state index in [2.05, 4.69) is 5.32 Å². The van der Waals surface area contributed by atoms with Crippen molar-refractivity contribution in [2.24, 2.45) is 5.73 Å². The summed E-state index contributed by atoms with van der Waals surface area (Å²) in [5.74, 6) is 1.64. The van der Waals surface area contributed by atoms with Crippen molar-refractivity contribution in [1.82, 2.24) is 5.32 Å². The minimum absolute atomic E-state index is 0.211. The van der Waals surface area contributed by atoms with Crippen molar-refractivity contribution in [1.29, 1.82) is 0 Å². The first-order valence-electron chi connectivity index (χ1n) is 6.85. The van der Waals surface area contributed by atoms with Gasteiger partial charge >= 0.3 is 0 Å². The maximum atomic E-state index is 11.8. The third kappa shape index (κ3) is 3.54. The lowest BCUT2D eigenvalue weighted by atomic mass is 9.80. The number of amides is 1. The molecule has 106 valence electrons. The fourth-order valence-corrected chi connectivity index (χ4v) is 4.07. The topological polar surface area (TPSA) is 68.3 Å². The Morgan fingerprint density at radius 2 is 2.53 bits per heavy atom. The Morgan fingerprint density at radius 1 is 1.68 bits per heavy atom. The number of likely N-dealkylation sites (N-methyl/N-ethyl adjacent to an activating group) is 1. The van der Waals surface area contributed by atoms with Crippen molar-refractivity contribution in [2.45, 2.75) is 49.1 Å². The van der Waals surface area contributed by atoms with Gasteiger partial charge in [-0.25, -0.2) is 0 Å². The molecule has 0 saturated heterocycles. The quantitative estimate of drug-likeness (QED) is 0.840. The highest BCUT2D eigenvalue weighted by Gasteiger charge is 2.40. The van der Waals surface area contributed by atoms with Crippen LogP contribution in [0.25, 0.3) is 0 Å². The van der Waals surface area contributed by atoms with Crippen LogP contribution < -0.4 is 11.1 Å². The number of thioether (sulfide) groups is 1. The molecular weight excluding hydrogens is 260 g/mol. The van der Waals surface area contributed by atoms with Gasteiger partial charge in [-0.1, -0.05) is 6.92 Å². The van der Waals surface area contributed by atoms with Crippen molar-refractivity contribution in [3.05, 3.63) is 24.2 Å². The summed E-state index contributed by atoms with van der Waals surface area (Å²) in [6.07, 6.45) is 5.57. The normalized spacial score (nSPS) is 27.3. The van der Waals surface area contributed by atoms with E-state index in [1.54, 1.807) is 6.26 Å². The highest BCUT2D eigenvalue weighted by Crippen LogP contribution is 2.36. The number of carbonyl (C=O) groups is 1. The standard InChI is InChI=1S/C14H22N2O2S/c1-2-16-14(13(15)17)7-3-6-12(9-14)19-10-11-5-4-8-18-11/h4-5,8,12,16H,2-3,6-7,9-10H2,1H3,(H2,15,17). The van der Waals surface area contributed by atoms with E-state index in [-0.39, 0.29) is 5.91 Å². The van der Waals surface area contributed by atoms with E-state index in [4.69, 9.17) is 10.2 Å². The van der Waals surface area contributed by atoms with Crippen LogP contribution in [-0.4, -0.2) is 23.2 Å². The van der Waals surface area contributed by atoms with Crippen LogP contribution in [0.3, 0.4) is 0 Å². The second kappa shape index (κ2) is 6.48. The molecule has 2 rings (SSSR count). The Hall–Kier alpha value is -0.940. The molecule has 1 aromatic heterocycles. The van der Waals surface area contributed by atoms with Crippen molar-refractivity contribution < 1.29 is 9.21 Å². The second-order valence-corrected chi connectivity index (χ2v) is 6.37. The highest BCUT2D eigenvalue weighted by molar-refractivity contribution is 7.99. The zero-order valence-electron chi connectivity index (χ0n) is 11.4. The molecule has 0 radical (unpaired) electrons. The molecule has 3 N–H and O–H groups in total. The van der Waals surface area contributed by atoms with Crippen molar-refractivity contribution in [3.63, 3.8) is 0 Å². The average molecular weight is 282 g/mol.